The van der Waals surface area contributed by atoms with E-state index in [9.17, 15) is 9.59 Å². The molecule has 0 bridgehead atoms. The minimum Gasteiger partial charge on any atom is -0.364 e. The normalized spacial score (nSPS) is 19.5. The zero-order valence-corrected chi connectivity index (χ0v) is 16.1. The number of amides is 2. The molecule has 4 rings (SSSR count). The summed E-state index contributed by atoms with van der Waals surface area (Å²) in [6.07, 6.45) is 6.24. The number of hydroxylamine groups is 2. The molecule has 0 aromatic carbocycles. The Morgan fingerprint density at radius 2 is 2.00 bits per heavy atom. The first kappa shape index (κ1) is 19.7. The summed E-state index contributed by atoms with van der Waals surface area (Å²) in [5, 5.41) is 10.4. The zero-order chi connectivity index (χ0) is 21.1. The number of primary amides is 1. The van der Waals surface area contributed by atoms with Gasteiger partial charge in [-0.05, 0) is 18.9 Å². The molecule has 2 saturated heterocycles. The number of anilines is 1. The molecule has 4 heterocycles. The van der Waals surface area contributed by atoms with Crippen LogP contribution in [0.15, 0.2) is 24.7 Å². The summed E-state index contributed by atoms with van der Waals surface area (Å²) in [6.45, 7) is 1.54. The van der Waals surface area contributed by atoms with E-state index in [0.29, 0.717) is 50.6 Å². The number of rotatable bonds is 4. The van der Waals surface area contributed by atoms with Crippen molar-refractivity contribution in [3.05, 3.63) is 41.7 Å². The first-order valence-corrected chi connectivity index (χ1v) is 9.62. The second kappa shape index (κ2) is 8.38. The van der Waals surface area contributed by atoms with Crippen molar-refractivity contribution in [3.63, 3.8) is 0 Å². The lowest BCUT2D eigenvalue weighted by molar-refractivity contribution is -0.182. The van der Waals surface area contributed by atoms with E-state index in [1.807, 2.05) is 11.0 Å². The number of nitrogens with two attached hydrogens (primary N) is 1. The molecular formula is C19H20N8O3. The van der Waals surface area contributed by atoms with Crippen molar-refractivity contribution < 1.29 is 14.4 Å². The zero-order valence-electron chi connectivity index (χ0n) is 16.1. The maximum atomic E-state index is 13.1. The molecule has 1 unspecified atom stereocenters. The highest BCUT2D eigenvalue weighted by molar-refractivity contribution is 5.90. The van der Waals surface area contributed by atoms with Gasteiger partial charge in [0.05, 0.1) is 24.7 Å². The van der Waals surface area contributed by atoms with Gasteiger partial charge in [0.2, 0.25) is 11.9 Å². The average Bonchev–Trinajstić information content (AvgIpc) is 3.29. The van der Waals surface area contributed by atoms with Gasteiger partial charge in [0.1, 0.15) is 17.8 Å². The van der Waals surface area contributed by atoms with E-state index in [2.05, 4.69) is 19.9 Å². The standard InChI is InChI=1S/C19H20N8O3/c20-9-13-10-22-11-15(24-13)16-4-8-30-27(16)18(29)12-2-6-26(7-3-12)19-23-5-1-14(25-19)17(21)28/h1,5,10-12,16H,2-4,6-8H2,(H2,21,28). The van der Waals surface area contributed by atoms with Crippen molar-refractivity contribution in [2.75, 3.05) is 24.6 Å². The SMILES string of the molecule is N#Cc1cncc(C2CCON2C(=O)C2CCN(c3nccc(C(N)=O)n3)CC2)n1. The van der Waals surface area contributed by atoms with E-state index >= 15 is 0 Å². The molecule has 0 radical (unpaired) electrons. The molecule has 2 aliphatic heterocycles. The number of hydrogen-bond acceptors (Lipinski definition) is 9. The van der Waals surface area contributed by atoms with Crippen molar-refractivity contribution >= 4 is 17.8 Å². The number of nitriles is 1. The van der Waals surface area contributed by atoms with Crippen LogP contribution in [0.25, 0.3) is 0 Å². The summed E-state index contributed by atoms with van der Waals surface area (Å²) in [7, 11) is 0. The molecule has 2 aromatic heterocycles. The number of hydrogen-bond donors (Lipinski definition) is 1. The van der Waals surface area contributed by atoms with Gasteiger partial charge in [-0.2, -0.15) is 5.26 Å². The fourth-order valence-electron chi connectivity index (χ4n) is 3.69. The third kappa shape index (κ3) is 3.90. The van der Waals surface area contributed by atoms with Gasteiger partial charge >= 0.3 is 0 Å². The van der Waals surface area contributed by atoms with Gasteiger partial charge in [-0.25, -0.2) is 20.0 Å². The number of piperidine rings is 1. The Morgan fingerprint density at radius 1 is 1.20 bits per heavy atom. The Kier molecular flexibility index (Phi) is 5.49. The molecule has 154 valence electrons. The summed E-state index contributed by atoms with van der Waals surface area (Å²) >= 11 is 0. The third-order valence-corrected chi connectivity index (χ3v) is 5.25. The largest absolute Gasteiger partial charge is 0.364 e. The van der Waals surface area contributed by atoms with Crippen LogP contribution in [0.3, 0.4) is 0 Å². The van der Waals surface area contributed by atoms with Crippen LogP contribution in [-0.2, 0) is 9.63 Å². The molecule has 11 nitrogen and oxygen atoms in total. The highest BCUT2D eigenvalue weighted by Crippen LogP contribution is 2.32. The Morgan fingerprint density at radius 3 is 2.73 bits per heavy atom. The molecular weight excluding hydrogens is 388 g/mol. The third-order valence-electron chi connectivity index (χ3n) is 5.25. The summed E-state index contributed by atoms with van der Waals surface area (Å²) in [5.41, 5.74) is 6.20. The number of aromatic nitrogens is 4. The molecule has 0 saturated carbocycles. The van der Waals surface area contributed by atoms with E-state index < -0.39 is 5.91 Å². The van der Waals surface area contributed by atoms with Gasteiger partial charge in [-0.1, -0.05) is 0 Å². The van der Waals surface area contributed by atoms with Crippen molar-refractivity contribution in [1.29, 1.82) is 5.26 Å². The predicted molar refractivity (Wildman–Crippen MR) is 102 cm³/mol. The number of carbonyl (C=O) groups excluding carboxylic acids is 2. The minimum absolute atomic E-state index is 0.104. The monoisotopic (exact) mass is 408 g/mol. The minimum atomic E-state index is -0.607. The second-order valence-corrected chi connectivity index (χ2v) is 7.11. The van der Waals surface area contributed by atoms with Crippen LogP contribution in [0.2, 0.25) is 0 Å². The second-order valence-electron chi connectivity index (χ2n) is 7.11. The van der Waals surface area contributed by atoms with Crippen LogP contribution in [0, 0.1) is 17.2 Å². The van der Waals surface area contributed by atoms with Gasteiger partial charge in [0.25, 0.3) is 5.91 Å². The van der Waals surface area contributed by atoms with Crippen molar-refractivity contribution in [2.24, 2.45) is 11.7 Å². The summed E-state index contributed by atoms with van der Waals surface area (Å²) < 4.78 is 0. The van der Waals surface area contributed by atoms with E-state index in [1.54, 1.807) is 6.20 Å². The lowest BCUT2D eigenvalue weighted by atomic mass is 9.95. The lowest BCUT2D eigenvalue weighted by Crippen LogP contribution is -2.42. The first-order valence-electron chi connectivity index (χ1n) is 9.62. The maximum absolute atomic E-state index is 13.1. The Bertz CT molecular complexity index is 999. The summed E-state index contributed by atoms with van der Waals surface area (Å²) in [5.74, 6) is -0.498. The highest BCUT2D eigenvalue weighted by atomic mass is 16.7. The molecule has 2 N–H and O–H groups in total. The van der Waals surface area contributed by atoms with Gasteiger partial charge < -0.3 is 10.6 Å². The van der Waals surface area contributed by atoms with E-state index in [0.717, 1.165) is 0 Å². The van der Waals surface area contributed by atoms with Crippen LogP contribution in [0.5, 0.6) is 0 Å². The van der Waals surface area contributed by atoms with Crippen molar-refractivity contribution in [3.8, 4) is 6.07 Å². The van der Waals surface area contributed by atoms with Crippen LogP contribution in [0.4, 0.5) is 5.95 Å². The van der Waals surface area contributed by atoms with Crippen molar-refractivity contribution in [1.82, 2.24) is 25.0 Å². The van der Waals surface area contributed by atoms with E-state index in [-0.39, 0.29) is 29.3 Å². The molecule has 0 spiro atoms. The predicted octanol–water partition coefficient (Wildman–Crippen LogP) is 0.359. The molecule has 2 fully saturated rings. The van der Waals surface area contributed by atoms with Gasteiger partial charge in [0.15, 0.2) is 5.69 Å². The van der Waals surface area contributed by atoms with E-state index in [1.165, 1.54) is 23.5 Å². The molecule has 2 aliphatic rings. The van der Waals surface area contributed by atoms with Crippen molar-refractivity contribution in [2.45, 2.75) is 25.3 Å². The van der Waals surface area contributed by atoms with Crippen LogP contribution < -0.4 is 10.6 Å². The molecule has 2 amide bonds. The molecule has 11 heteroatoms. The fourth-order valence-corrected chi connectivity index (χ4v) is 3.69. The topological polar surface area (TPSA) is 151 Å². The van der Waals surface area contributed by atoms with Gasteiger partial charge in [-0.15, -0.1) is 0 Å². The molecule has 1 atom stereocenters. The Hall–Kier alpha value is -3.65. The van der Waals surface area contributed by atoms with Gasteiger partial charge in [0, 0.05) is 31.6 Å². The molecule has 2 aromatic rings. The Balaban J connectivity index is 1.42. The first-order chi connectivity index (χ1) is 14.6. The fraction of sp³-hybridized carbons (Fsp3) is 0.421. The Labute approximate surface area is 172 Å². The number of nitrogens with zero attached hydrogens (tertiary/aromatic N) is 7. The smallest absolute Gasteiger partial charge is 0.267 e. The molecule has 30 heavy (non-hydrogen) atoms. The quantitative estimate of drug-likeness (QED) is 0.756. The lowest BCUT2D eigenvalue weighted by Gasteiger charge is -2.33. The van der Waals surface area contributed by atoms with Gasteiger partial charge in [-0.3, -0.25) is 19.4 Å². The maximum Gasteiger partial charge on any atom is 0.267 e. The average molecular weight is 408 g/mol. The van der Waals surface area contributed by atoms with Crippen LogP contribution in [0.1, 0.15) is 47.2 Å². The summed E-state index contributed by atoms with van der Waals surface area (Å²) in [4.78, 5) is 48.7. The van der Waals surface area contributed by atoms with Crippen LogP contribution in [-0.4, -0.2) is 56.5 Å². The summed E-state index contributed by atoms with van der Waals surface area (Å²) in [6, 6.07) is 3.08. The number of carbonyl (C=O) groups is 2. The van der Waals surface area contributed by atoms with Crippen LogP contribution >= 0.6 is 0 Å². The van der Waals surface area contributed by atoms with E-state index in [4.69, 9.17) is 15.8 Å². The highest BCUT2D eigenvalue weighted by Gasteiger charge is 2.38. The molecule has 0 aliphatic carbocycles.